The van der Waals surface area contributed by atoms with Crippen molar-refractivity contribution in [2.24, 2.45) is 0 Å². The lowest BCUT2D eigenvalue weighted by Crippen LogP contribution is -2.19. The van der Waals surface area contributed by atoms with Gasteiger partial charge in [-0.05, 0) is 42.0 Å². The molecule has 3 aromatic rings. The van der Waals surface area contributed by atoms with Crippen molar-refractivity contribution in [3.8, 4) is 11.5 Å². The van der Waals surface area contributed by atoms with Crippen LogP contribution in [0.2, 0.25) is 0 Å². The molecule has 0 heterocycles. The highest BCUT2D eigenvalue weighted by Crippen LogP contribution is 2.30. The molecule has 0 aromatic heterocycles. The Balaban J connectivity index is 1.78. The van der Waals surface area contributed by atoms with Gasteiger partial charge in [0.2, 0.25) is 5.91 Å². The molecule has 0 radical (unpaired) electrons. The highest BCUT2D eigenvalue weighted by atomic mass is 32.2. The Bertz CT molecular complexity index is 1050. The van der Waals surface area contributed by atoms with E-state index in [1.165, 1.54) is 19.1 Å². The summed E-state index contributed by atoms with van der Waals surface area (Å²) in [6.45, 7) is 1.77. The summed E-state index contributed by atoms with van der Waals surface area (Å²) in [6.07, 6.45) is 0. The number of anilines is 1. The second-order valence-corrected chi connectivity index (χ2v) is 7.75. The van der Waals surface area contributed by atoms with E-state index in [9.17, 15) is 13.2 Å². The van der Waals surface area contributed by atoms with E-state index in [0.29, 0.717) is 23.7 Å². The van der Waals surface area contributed by atoms with Crippen molar-refractivity contribution in [2.45, 2.75) is 18.4 Å². The number of ether oxygens (including phenoxy) is 1. The van der Waals surface area contributed by atoms with E-state index in [1.54, 1.807) is 48.5 Å². The van der Waals surface area contributed by atoms with Gasteiger partial charge in [0.05, 0.1) is 10.6 Å². The first-order valence-electron chi connectivity index (χ1n) is 8.62. The van der Waals surface area contributed by atoms with E-state index >= 15 is 0 Å². The molecule has 0 unspecified atom stereocenters. The highest BCUT2D eigenvalue weighted by Gasteiger charge is 2.16. The zero-order valence-electron chi connectivity index (χ0n) is 15.3. The largest absolute Gasteiger partial charge is 0.455 e. The Morgan fingerprint density at radius 2 is 1.54 bits per heavy atom. The van der Waals surface area contributed by atoms with Gasteiger partial charge >= 0.3 is 0 Å². The molecule has 0 spiro atoms. The van der Waals surface area contributed by atoms with Crippen LogP contribution in [0.4, 0.5) is 5.69 Å². The number of sulfonamides is 1. The number of hydrogen-bond donors (Lipinski definition) is 2. The van der Waals surface area contributed by atoms with Gasteiger partial charge in [0.15, 0.2) is 5.75 Å². The third-order valence-electron chi connectivity index (χ3n) is 3.88. The van der Waals surface area contributed by atoms with Gasteiger partial charge in [0.25, 0.3) is 10.0 Å². The Morgan fingerprint density at radius 3 is 2.21 bits per heavy atom. The highest BCUT2D eigenvalue weighted by molar-refractivity contribution is 7.92. The molecule has 3 rings (SSSR count). The maximum absolute atomic E-state index is 12.7. The summed E-state index contributed by atoms with van der Waals surface area (Å²) in [6, 6.07) is 22.3. The van der Waals surface area contributed by atoms with Crippen molar-refractivity contribution in [3.05, 3.63) is 84.4 Å². The minimum atomic E-state index is -3.79. The van der Waals surface area contributed by atoms with Gasteiger partial charge in [-0.25, -0.2) is 8.42 Å². The molecule has 0 aliphatic carbocycles. The summed E-state index contributed by atoms with van der Waals surface area (Å²) in [4.78, 5) is 11.1. The van der Waals surface area contributed by atoms with Crippen LogP contribution in [0.1, 0.15) is 12.5 Å². The molecule has 0 aliphatic rings. The molecule has 0 atom stereocenters. The molecule has 7 heteroatoms. The third kappa shape index (κ3) is 5.11. The molecular formula is C21H20N2O4S. The maximum atomic E-state index is 12.7. The molecule has 0 saturated heterocycles. The van der Waals surface area contributed by atoms with Gasteiger partial charge < -0.3 is 10.1 Å². The summed E-state index contributed by atoms with van der Waals surface area (Å²) < 4.78 is 33.9. The summed E-state index contributed by atoms with van der Waals surface area (Å²) in [7, 11) is -3.79. The average Bonchev–Trinajstić information content (AvgIpc) is 2.69. The average molecular weight is 396 g/mol. The van der Waals surface area contributed by atoms with Gasteiger partial charge in [-0.1, -0.05) is 42.5 Å². The van der Waals surface area contributed by atoms with Crippen LogP contribution in [-0.4, -0.2) is 14.3 Å². The number of benzene rings is 3. The molecule has 0 aliphatic heterocycles. The topological polar surface area (TPSA) is 84.5 Å². The molecule has 6 nitrogen and oxygen atoms in total. The van der Waals surface area contributed by atoms with E-state index in [4.69, 9.17) is 4.74 Å². The van der Waals surface area contributed by atoms with Crippen LogP contribution in [0, 0.1) is 0 Å². The van der Waals surface area contributed by atoms with Crippen molar-refractivity contribution in [1.82, 2.24) is 5.32 Å². The van der Waals surface area contributed by atoms with Gasteiger partial charge in [-0.3, -0.25) is 9.52 Å². The SMILES string of the molecule is CC(=O)NCc1ccc(S(=O)(=O)Nc2ccccc2Oc2ccccc2)cc1. The van der Waals surface area contributed by atoms with Gasteiger partial charge in [-0.15, -0.1) is 0 Å². The predicted molar refractivity (Wildman–Crippen MR) is 108 cm³/mol. The zero-order valence-corrected chi connectivity index (χ0v) is 16.1. The Morgan fingerprint density at radius 1 is 0.893 bits per heavy atom. The Labute approximate surface area is 164 Å². The fourth-order valence-electron chi connectivity index (χ4n) is 2.47. The van der Waals surface area contributed by atoms with Crippen LogP contribution < -0.4 is 14.8 Å². The molecule has 28 heavy (non-hydrogen) atoms. The second-order valence-electron chi connectivity index (χ2n) is 6.07. The molecule has 0 saturated carbocycles. The monoisotopic (exact) mass is 396 g/mol. The van der Waals surface area contributed by atoms with Crippen molar-refractivity contribution in [3.63, 3.8) is 0 Å². The zero-order chi connectivity index (χ0) is 20.0. The van der Waals surface area contributed by atoms with Crippen molar-refractivity contribution >= 4 is 21.6 Å². The molecular weight excluding hydrogens is 376 g/mol. The molecule has 2 N–H and O–H groups in total. The van der Waals surface area contributed by atoms with E-state index in [1.807, 2.05) is 18.2 Å². The van der Waals surface area contributed by atoms with Crippen LogP contribution in [-0.2, 0) is 21.4 Å². The number of para-hydroxylation sites is 3. The normalized spacial score (nSPS) is 10.9. The summed E-state index contributed by atoms with van der Waals surface area (Å²) in [5, 5.41) is 2.67. The quantitative estimate of drug-likeness (QED) is 0.634. The van der Waals surface area contributed by atoms with Crippen LogP contribution in [0.15, 0.2) is 83.8 Å². The Hall–Kier alpha value is -3.32. The smallest absolute Gasteiger partial charge is 0.262 e. The fraction of sp³-hybridized carbons (Fsp3) is 0.0952. The van der Waals surface area contributed by atoms with Gasteiger partial charge in [-0.2, -0.15) is 0 Å². The number of amides is 1. The van der Waals surface area contributed by atoms with E-state index in [2.05, 4.69) is 10.0 Å². The standard InChI is InChI=1S/C21H20N2O4S/c1-16(24)22-15-17-11-13-19(14-12-17)28(25,26)23-20-9-5-6-10-21(20)27-18-7-3-2-4-8-18/h2-14,23H,15H2,1H3,(H,22,24). The van der Waals surface area contributed by atoms with E-state index < -0.39 is 10.0 Å². The first kappa shape index (κ1) is 19.4. The van der Waals surface area contributed by atoms with Crippen LogP contribution >= 0.6 is 0 Å². The summed E-state index contributed by atoms with van der Waals surface area (Å²) in [5.41, 5.74) is 1.15. The summed E-state index contributed by atoms with van der Waals surface area (Å²) in [5.74, 6) is 0.865. The van der Waals surface area contributed by atoms with Crippen molar-refractivity contribution in [2.75, 3.05) is 4.72 Å². The lowest BCUT2D eigenvalue weighted by Gasteiger charge is -2.13. The molecule has 0 bridgehead atoms. The van der Waals surface area contributed by atoms with E-state index in [-0.39, 0.29) is 10.8 Å². The lowest BCUT2D eigenvalue weighted by atomic mass is 10.2. The number of carbonyl (C=O) groups excluding carboxylic acids is 1. The first-order valence-corrected chi connectivity index (χ1v) is 10.1. The molecule has 3 aromatic carbocycles. The van der Waals surface area contributed by atoms with Crippen molar-refractivity contribution in [1.29, 1.82) is 0 Å². The van der Waals surface area contributed by atoms with Crippen molar-refractivity contribution < 1.29 is 17.9 Å². The first-order chi connectivity index (χ1) is 13.4. The Kier molecular flexibility index (Phi) is 5.96. The molecule has 0 fully saturated rings. The lowest BCUT2D eigenvalue weighted by molar-refractivity contribution is -0.119. The number of hydrogen-bond acceptors (Lipinski definition) is 4. The third-order valence-corrected chi connectivity index (χ3v) is 5.26. The number of nitrogens with one attached hydrogen (secondary N) is 2. The van der Waals surface area contributed by atoms with E-state index in [0.717, 1.165) is 5.56 Å². The van der Waals surface area contributed by atoms with Gasteiger partial charge in [0.1, 0.15) is 5.75 Å². The van der Waals surface area contributed by atoms with Crippen LogP contribution in [0.25, 0.3) is 0 Å². The minimum absolute atomic E-state index is 0.119. The number of carbonyl (C=O) groups is 1. The van der Waals surface area contributed by atoms with Crippen LogP contribution in [0.3, 0.4) is 0 Å². The fourth-order valence-corrected chi connectivity index (χ4v) is 3.54. The predicted octanol–water partition coefficient (Wildman–Crippen LogP) is 3.92. The summed E-state index contributed by atoms with van der Waals surface area (Å²) >= 11 is 0. The molecule has 144 valence electrons. The second kappa shape index (κ2) is 8.58. The minimum Gasteiger partial charge on any atom is -0.455 e. The van der Waals surface area contributed by atoms with Gasteiger partial charge in [0, 0.05) is 13.5 Å². The molecule has 1 amide bonds. The van der Waals surface area contributed by atoms with Crippen LogP contribution in [0.5, 0.6) is 11.5 Å². The maximum Gasteiger partial charge on any atom is 0.262 e. The number of rotatable bonds is 7.